The van der Waals surface area contributed by atoms with Gasteiger partial charge in [-0.15, -0.1) is 0 Å². The summed E-state index contributed by atoms with van der Waals surface area (Å²) in [5.41, 5.74) is 2.86. The molecule has 32 heavy (non-hydrogen) atoms. The van der Waals surface area contributed by atoms with Crippen LogP contribution in [-0.4, -0.2) is 12.1 Å². The fourth-order valence-electron chi connectivity index (χ4n) is 3.13. The van der Waals surface area contributed by atoms with Gasteiger partial charge < -0.3 is 9.90 Å². The molecule has 0 aromatic heterocycles. The predicted molar refractivity (Wildman–Crippen MR) is 121 cm³/mol. The van der Waals surface area contributed by atoms with Crippen molar-refractivity contribution in [2.75, 3.05) is 0 Å². The number of carboxylic acid groups (broad SMARTS) is 1. The molecule has 0 atom stereocenters. The van der Waals surface area contributed by atoms with Crippen LogP contribution >= 0.6 is 0 Å². The summed E-state index contributed by atoms with van der Waals surface area (Å²) in [5, 5.41) is 8.78. The van der Waals surface area contributed by atoms with Crippen LogP contribution in [0.15, 0.2) is 93.5 Å². The maximum atomic E-state index is 10.5. The van der Waals surface area contributed by atoms with Gasteiger partial charge in [-0.3, -0.25) is 0 Å². The van der Waals surface area contributed by atoms with E-state index >= 15 is 0 Å². The first-order valence-electron chi connectivity index (χ1n) is 10.5. The van der Waals surface area contributed by atoms with Crippen LogP contribution in [0.1, 0.15) is 37.8 Å². The van der Waals surface area contributed by atoms with E-state index in [0.29, 0.717) is 0 Å². The van der Waals surface area contributed by atoms with E-state index in [1.807, 2.05) is 0 Å². The van der Waals surface area contributed by atoms with Crippen molar-refractivity contribution < 1.29 is 23.1 Å². The summed E-state index contributed by atoms with van der Waals surface area (Å²) in [7, 11) is -0.0390. The Morgan fingerprint density at radius 2 is 1.06 bits per heavy atom. The van der Waals surface area contributed by atoms with E-state index in [4.69, 9.17) is 9.90 Å². The lowest BCUT2D eigenvalue weighted by molar-refractivity contribution is -0.344. The van der Waals surface area contributed by atoms with Crippen molar-refractivity contribution in [2.45, 2.75) is 60.4 Å². The van der Waals surface area contributed by atoms with Crippen LogP contribution in [0.25, 0.3) is 0 Å². The Labute approximate surface area is 190 Å². The molecule has 0 unspecified atom stereocenters. The fourth-order valence-corrected chi connectivity index (χ4v) is 5.19. The van der Waals surface area contributed by atoms with Gasteiger partial charge >= 0.3 is 6.18 Å². The van der Waals surface area contributed by atoms with Crippen molar-refractivity contribution in [3.8, 4) is 0 Å². The van der Waals surface area contributed by atoms with Gasteiger partial charge in [-0.25, -0.2) is 0 Å². The molecule has 0 saturated carbocycles. The minimum Gasteiger partial charge on any atom is -0.542 e. The van der Waals surface area contributed by atoms with E-state index in [1.54, 1.807) is 0 Å². The van der Waals surface area contributed by atoms with E-state index in [-0.39, 0.29) is 10.9 Å². The normalized spacial score (nSPS) is 11.1. The van der Waals surface area contributed by atoms with Crippen molar-refractivity contribution >= 4 is 16.9 Å². The molecule has 0 aliphatic rings. The summed E-state index contributed by atoms with van der Waals surface area (Å²) in [6.07, 6.45) is -0.485. The van der Waals surface area contributed by atoms with Gasteiger partial charge in [0.2, 0.25) is 0 Å². The number of carbonyl (C=O) groups is 1. The fraction of sp³-hybridized carbons (Fsp3) is 0.269. The Hall–Kier alpha value is -2.73. The lowest BCUT2D eigenvalue weighted by Gasteiger charge is -2.09. The molecule has 3 aromatic rings. The third-order valence-electron chi connectivity index (χ3n) is 4.61. The van der Waals surface area contributed by atoms with Crippen LogP contribution in [0.4, 0.5) is 13.2 Å². The van der Waals surface area contributed by atoms with E-state index in [2.05, 4.69) is 92.7 Å². The highest BCUT2D eigenvalue weighted by Gasteiger charge is 2.29. The van der Waals surface area contributed by atoms with Gasteiger partial charge in [0, 0.05) is 0 Å². The second-order valence-electron chi connectivity index (χ2n) is 7.19. The van der Waals surface area contributed by atoms with E-state index in [1.165, 1.54) is 38.7 Å². The minimum atomic E-state index is -5.19. The molecule has 6 heteroatoms. The van der Waals surface area contributed by atoms with Gasteiger partial charge in [0.25, 0.3) is 0 Å². The third kappa shape index (κ3) is 7.75. The molecule has 0 amide bonds. The van der Waals surface area contributed by atoms with Gasteiger partial charge in [-0.2, -0.15) is 13.2 Å². The molecule has 0 saturated heterocycles. The molecule has 0 radical (unpaired) electrons. The highest BCUT2D eigenvalue weighted by molar-refractivity contribution is 7.97. The first-order chi connectivity index (χ1) is 15.3. The quantitative estimate of drug-likeness (QED) is 0.407. The van der Waals surface area contributed by atoms with E-state index in [9.17, 15) is 13.2 Å². The van der Waals surface area contributed by atoms with Crippen LogP contribution in [-0.2, 0) is 28.5 Å². The number of carbonyl (C=O) groups excluding carboxylic acids is 1. The van der Waals surface area contributed by atoms with Gasteiger partial charge in [0.1, 0.15) is 5.97 Å². The van der Waals surface area contributed by atoms with Gasteiger partial charge in [-0.1, -0.05) is 69.2 Å². The number of hydrogen-bond acceptors (Lipinski definition) is 2. The molecule has 0 N–H and O–H groups in total. The minimum absolute atomic E-state index is 0.0390. The molecule has 0 aliphatic carbocycles. The van der Waals surface area contributed by atoms with E-state index < -0.39 is 12.1 Å². The monoisotopic (exact) mass is 460 g/mol. The highest BCUT2D eigenvalue weighted by atomic mass is 32.2. The molecule has 3 aromatic carbocycles. The van der Waals surface area contributed by atoms with Crippen molar-refractivity contribution in [2.24, 2.45) is 0 Å². The van der Waals surface area contributed by atoms with Gasteiger partial charge in [0.05, 0.1) is 10.9 Å². The summed E-state index contributed by atoms with van der Waals surface area (Å²) < 4.78 is 31.5. The zero-order valence-electron chi connectivity index (χ0n) is 18.2. The van der Waals surface area contributed by atoms with Crippen molar-refractivity contribution in [3.05, 3.63) is 90.0 Å². The average molecular weight is 461 g/mol. The van der Waals surface area contributed by atoms with Crippen LogP contribution in [0.2, 0.25) is 0 Å². The second kappa shape index (κ2) is 12.3. The number of rotatable bonds is 7. The maximum absolute atomic E-state index is 10.5. The number of aliphatic carboxylic acids is 1. The lowest BCUT2D eigenvalue weighted by atomic mass is 10.1. The zero-order chi connectivity index (χ0) is 23.6. The van der Waals surface area contributed by atoms with E-state index in [0.717, 1.165) is 12.8 Å². The van der Waals surface area contributed by atoms with Crippen molar-refractivity contribution in [1.29, 1.82) is 0 Å². The predicted octanol–water partition coefficient (Wildman–Crippen LogP) is 5.99. The Kier molecular flexibility index (Phi) is 9.85. The largest absolute Gasteiger partial charge is 0.542 e. The van der Waals surface area contributed by atoms with Crippen LogP contribution in [0, 0.1) is 0 Å². The Balaban J connectivity index is 0.000000451. The van der Waals surface area contributed by atoms with Crippen molar-refractivity contribution in [3.63, 3.8) is 0 Å². The molecule has 2 nitrogen and oxygen atoms in total. The highest BCUT2D eigenvalue weighted by Crippen LogP contribution is 2.31. The Bertz CT molecular complexity index is 904. The van der Waals surface area contributed by atoms with Crippen molar-refractivity contribution in [1.82, 2.24) is 0 Å². The van der Waals surface area contributed by atoms with Crippen LogP contribution in [0.5, 0.6) is 0 Å². The molecule has 0 spiro atoms. The number of aryl methyl sites for hydroxylation is 2. The lowest BCUT2D eigenvalue weighted by Crippen LogP contribution is -2.37. The SMILES string of the molecule is CCCc1ccc([S+](c2ccccc2)c2ccc(CCC)cc2)cc1.O=C([O-])C(F)(F)F. The molecule has 3 rings (SSSR count). The summed E-state index contributed by atoms with van der Waals surface area (Å²) in [6.45, 7) is 4.47. The standard InChI is InChI=1S/C24H27S.C2HF3O2/c1-3-8-20-12-16-23(17-13-20)25(22-10-6-5-7-11-22)24-18-14-21(9-4-2)15-19-24;3-2(4,5)1(6)7/h5-7,10-19H,3-4,8-9H2,1-2H3;(H,6,7)/q+1;/p-1. The Morgan fingerprint density at radius 3 is 1.38 bits per heavy atom. The Morgan fingerprint density at radius 1 is 0.719 bits per heavy atom. The number of alkyl halides is 3. The van der Waals surface area contributed by atoms with Gasteiger partial charge in [-0.05, 0) is 60.4 Å². The summed E-state index contributed by atoms with van der Waals surface area (Å²) in [6, 6.07) is 29.4. The zero-order valence-corrected chi connectivity index (χ0v) is 19.0. The maximum Gasteiger partial charge on any atom is 0.430 e. The molecule has 0 heterocycles. The second-order valence-corrected chi connectivity index (χ2v) is 9.22. The molecule has 0 fully saturated rings. The average Bonchev–Trinajstić information content (AvgIpc) is 2.77. The number of carboxylic acids is 1. The number of hydrogen-bond donors (Lipinski definition) is 0. The summed E-state index contributed by atoms with van der Waals surface area (Å²) >= 11 is 0. The molecular formula is C26H27F3O2S. The first-order valence-corrected chi connectivity index (χ1v) is 11.7. The van der Waals surface area contributed by atoms with Crippen LogP contribution in [0.3, 0.4) is 0 Å². The van der Waals surface area contributed by atoms with Gasteiger partial charge in [0.15, 0.2) is 14.7 Å². The van der Waals surface area contributed by atoms with Crippen LogP contribution < -0.4 is 5.11 Å². The summed E-state index contributed by atoms with van der Waals surface area (Å²) in [4.78, 5) is 13.0. The molecule has 0 bridgehead atoms. The third-order valence-corrected chi connectivity index (χ3v) is 6.84. The number of benzene rings is 3. The molecule has 0 aliphatic heterocycles. The summed E-state index contributed by atoms with van der Waals surface area (Å²) in [5.74, 6) is -3.01. The topological polar surface area (TPSA) is 40.1 Å². The molecule has 170 valence electrons. The smallest absolute Gasteiger partial charge is 0.430 e. The molecular weight excluding hydrogens is 433 g/mol. The first kappa shape index (κ1) is 25.5. The number of halogens is 3.